The third-order valence-corrected chi connectivity index (χ3v) is 5.39. The molecular formula is C18H31N5O2S. The lowest BCUT2D eigenvalue weighted by molar-refractivity contribution is -0.119. The van der Waals surface area contributed by atoms with Crippen molar-refractivity contribution in [3.8, 4) is 0 Å². The number of thioether (sulfide) groups is 1. The second-order valence-electron chi connectivity index (χ2n) is 7.56. The number of carbonyl (C=O) groups is 2. The Balaban J connectivity index is 1.82. The first-order chi connectivity index (χ1) is 12.4. The molecule has 1 unspecified atom stereocenters. The number of amides is 2. The standard InChI is InChI=1S/C18H31N5O2S/c1-12(2)5-4-6-13(3)20-16(25)11-26-18-22-21-17(14-7-8-14)23(18)10-9-15(19)24/h12-14H,4-11H2,1-3H3,(H2,19,24)(H,20,25). The molecule has 2 amide bonds. The molecule has 0 spiro atoms. The lowest BCUT2D eigenvalue weighted by Gasteiger charge is -2.14. The second kappa shape index (κ2) is 9.94. The number of aromatic nitrogens is 3. The van der Waals surface area contributed by atoms with Gasteiger partial charge in [0.15, 0.2) is 5.16 Å². The minimum atomic E-state index is -0.343. The van der Waals surface area contributed by atoms with Crippen LogP contribution in [0.2, 0.25) is 0 Å². The fourth-order valence-corrected chi connectivity index (χ4v) is 3.62. The summed E-state index contributed by atoms with van der Waals surface area (Å²) in [6.07, 6.45) is 5.77. The molecule has 1 atom stereocenters. The maximum Gasteiger partial charge on any atom is 0.230 e. The van der Waals surface area contributed by atoms with Crippen molar-refractivity contribution < 1.29 is 9.59 Å². The van der Waals surface area contributed by atoms with Gasteiger partial charge in [-0.3, -0.25) is 9.59 Å². The summed E-state index contributed by atoms with van der Waals surface area (Å²) in [5.74, 6) is 2.00. The van der Waals surface area contributed by atoms with E-state index in [1.165, 1.54) is 18.2 Å². The summed E-state index contributed by atoms with van der Waals surface area (Å²) in [7, 11) is 0. The number of nitrogens with one attached hydrogen (secondary N) is 1. The van der Waals surface area contributed by atoms with Gasteiger partial charge in [-0.2, -0.15) is 0 Å². The zero-order valence-corrected chi connectivity index (χ0v) is 16.8. The Hall–Kier alpha value is -1.57. The highest BCUT2D eigenvalue weighted by molar-refractivity contribution is 7.99. The summed E-state index contributed by atoms with van der Waals surface area (Å²) in [6.45, 7) is 6.95. The Morgan fingerprint density at radius 2 is 2.00 bits per heavy atom. The number of nitrogens with two attached hydrogens (primary N) is 1. The van der Waals surface area contributed by atoms with Crippen LogP contribution in [0, 0.1) is 5.92 Å². The van der Waals surface area contributed by atoms with Gasteiger partial charge in [-0.1, -0.05) is 38.5 Å². The van der Waals surface area contributed by atoms with Crippen molar-refractivity contribution >= 4 is 23.6 Å². The number of carbonyl (C=O) groups excluding carboxylic acids is 2. The summed E-state index contributed by atoms with van der Waals surface area (Å²) < 4.78 is 1.95. The minimum Gasteiger partial charge on any atom is -0.370 e. The number of primary amides is 1. The van der Waals surface area contributed by atoms with Crippen LogP contribution >= 0.6 is 11.8 Å². The van der Waals surface area contributed by atoms with E-state index in [1.54, 1.807) is 0 Å². The zero-order chi connectivity index (χ0) is 19.1. The SMILES string of the molecule is CC(C)CCCC(C)NC(=O)CSc1nnc(C2CC2)n1CCC(N)=O. The molecule has 2 rings (SSSR count). The van der Waals surface area contributed by atoms with E-state index in [9.17, 15) is 9.59 Å². The predicted octanol–water partition coefficient (Wildman–Crippen LogP) is 2.45. The molecule has 0 radical (unpaired) electrons. The van der Waals surface area contributed by atoms with Crippen molar-refractivity contribution in [2.24, 2.45) is 11.7 Å². The van der Waals surface area contributed by atoms with Gasteiger partial charge in [0.25, 0.3) is 0 Å². The van der Waals surface area contributed by atoms with Crippen molar-refractivity contribution in [3.63, 3.8) is 0 Å². The van der Waals surface area contributed by atoms with E-state index in [4.69, 9.17) is 5.73 Å². The summed E-state index contributed by atoms with van der Waals surface area (Å²) in [5.41, 5.74) is 5.27. The van der Waals surface area contributed by atoms with Crippen molar-refractivity contribution in [2.45, 2.75) is 83.0 Å². The van der Waals surface area contributed by atoms with Gasteiger partial charge in [0.2, 0.25) is 11.8 Å². The topological polar surface area (TPSA) is 103 Å². The Morgan fingerprint density at radius 1 is 1.27 bits per heavy atom. The summed E-state index contributed by atoms with van der Waals surface area (Å²) in [6, 6.07) is 0.177. The van der Waals surface area contributed by atoms with Crippen LogP contribution in [0.1, 0.15) is 71.0 Å². The number of rotatable bonds is 12. The Labute approximate surface area is 159 Å². The van der Waals surface area contributed by atoms with Crippen LogP contribution in [-0.4, -0.2) is 38.4 Å². The van der Waals surface area contributed by atoms with Gasteiger partial charge in [-0.25, -0.2) is 0 Å². The smallest absolute Gasteiger partial charge is 0.230 e. The van der Waals surface area contributed by atoms with Gasteiger partial charge in [0.1, 0.15) is 5.82 Å². The molecule has 1 heterocycles. The largest absolute Gasteiger partial charge is 0.370 e. The number of nitrogens with zero attached hydrogens (tertiary/aromatic N) is 3. The van der Waals surface area contributed by atoms with Crippen LogP contribution in [0.3, 0.4) is 0 Å². The maximum atomic E-state index is 12.2. The zero-order valence-electron chi connectivity index (χ0n) is 16.0. The Bertz CT molecular complexity index is 613. The first kappa shape index (κ1) is 20.7. The molecular weight excluding hydrogens is 350 g/mol. The molecule has 1 aliphatic rings. The highest BCUT2D eigenvalue weighted by Crippen LogP contribution is 2.40. The minimum absolute atomic E-state index is 0.00414. The summed E-state index contributed by atoms with van der Waals surface area (Å²) >= 11 is 1.37. The fourth-order valence-electron chi connectivity index (χ4n) is 2.83. The Kier molecular flexibility index (Phi) is 7.93. The molecule has 1 aliphatic carbocycles. The monoisotopic (exact) mass is 381 g/mol. The first-order valence-electron chi connectivity index (χ1n) is 9.50. The molecule has 1 fully saturated rings. The van der Waals surface area contributed by atoms with Crippen LogP contribution in [0.25, 0.3) is 0 Å². The van der Waals surface area contributed by atoms with Crippen LogP contribution in [0.4, 0.5) is 0 Å². The van der Waals surface area contributed by atoms with E-state index >= 15 is 0 Å². The van der Waals surface area contributed by atoms with Crippen LogP contribution in [0.5, 0.6) is 0 Å². The molecule has 1 aromatic rings. The molecule has 0 aromatic carbocycles. The van der Waals surface area contributed by atoms with E-state index in [1.807, 2.05) is 11.5 Å². The average molecular weight is 382 g/mol. The Morgan fingerprint density at radius 3 is 2.62 bits per heavy atom. The van der Waals surface area contributed by atoms with E-state index in [-0.39, 0.29) is 24.3 Å². The molecule has 1 aromatic heterocycles. The highest BCUT2D eigenvalue weighted by Gasteiger charge is 2.30. The molecule has 146 valence electrons. The van der Waals surface area contributed by atoms with Crippen LogP contribution in [-0.2, 0) is 16.1 Å². The van der Waals surface area contributed by atoms with Gasteiger partial charge in [-0.05, 0) is 32.1 Å². The van der Waals surface area contributed by atoms with Gasteiger partial charge in [-0.15, -0.1) is 10.2 Å². The first-order valence-corrected chi connectivity index (χ1v) is 10.5. The average Bonchev–Trinajstić information content (AvgIpc) is 3.31. The van der Waals surface area contributed by atoms with Gasteiger partial charge in [0.05, 0.1) is 5.75 Å². The van der Waals surface area contributed by atoms with Crippen molar-refractivity contribution in [3.05, 3.63) is 5.82 Å². The third-order valence-electron chi connectivity index (χ3n) is 4.43. The molecule has 8 heteroatoms. The van der Waals surface area contributed by atoms with E-state index in [0.29, 0.717) is 29.3 Å². The van der Waals surface area contributed by atoms with E-state index < -0.39 is 0 Å². The lowest BCUT2D eigenvalue weighted by Crippen LogP contribution is -2.33. The fraction of sp³-hybridized carbons (Fsp3) is 0.778. The van der Waals surface area contributed by atoms with Crippen LogP contribution < -0.4 is 11.1 Å². The molecule has 1 saturated carbocycles. The van der Waals surface area contributed by atoms with E-state index in [0.717, 1.165) is 31.5 Å². The van der Waals surface area contributed by atoms with Gasteiger partial charge < -0.3 is 15.6 Å². The van der Waals surface area contributed by atoms with Crippen molar-refractivity contribution in [2.75, 3.05) is 5.75 Å². The van der Waals surface area contributed by atoms with Gasteiger partial charge in [0, 0.05) is 24.9 Å². The summed E-state index contributed by atoms with van der Waals surface area (Å²) in [5, 5.41) is 12.2. The predicted molar refractivity (Wildman–Crippen MR) is 103 cm³/mol. The quantitative estimate of drug-likeness (QED) is 0.541. The normalized spacial score (nSPS) is 15.2. The highest BCUT2D eigenvalue weighted by atomic mass is 32.2. The van der Waals surface area contributed by atoms with Crippen molar-refractivity contribution in [1.82, 2.24) is 20.1 Å². The molecule has 0 saturated heterocycles. The molecule has 3 N–H and O–H groups in total. The lowest BCUT2D eigenvalue weighted by atomic mass is 10.0. The number of hydrogen-bond donors (Lipinski definition) is 2. The molecule has 7 nitrogen and oxygen atoms in total. The van der Waals surface area contributed by atoms with Crippen molar-refractivity contribution in [1.29, 1.82) is 0 Å². The molecule has 0 bridgehead atoms. The second-order valence-corrected chi connectivity index (χ2v) is 8.51. The van der Waals surface area contributed by atoms with Gasteiger partial charge >= 0.3 is 0 Å². The summed E-state index contributed by atoms with van der Waals surface area (Å²) in [4.78, 5) is 23.3. The third kappa shape index (κ3) is 6.97. The van der Waals surface area contributed by atoms with E-state index in [2.05, 4.69) is 29.4 Å². The molecule has 26 heavy (non-hydrogen) atoms. The number of hydrogen-bond acceptors (Lipinski definition) is 5. The maximum absolute atomic E-state index is 12.2. The van der Waals surface area contributed by atoms with Crippen LogP contribution in [0.15, 0.2) is 5.16 Å². The molecule has 0 aliphatic heterocycles.